The number of hydrogen-bond donors (Lipinski definition) is 2. The normalized spacial score (nSPS) is 11.2. The fourth-order valence-corrected chi connectivity index (χ4v) is 1.82. The Bertz CT molecular complexity index is 553. The number of aliphatic hydroxyl groups is 1. The number of aromatic carboxylic acids is 1. The fraction of sp³-hybridized carbons (Fsp3) is 0.400. The second-order valence-corrected chi connectivity index (χ2v) is 3.57. The number of fused-ring (bicyclic) bond motifs is 1. The van der Waals surface area contributed by atoms with Gasteiger partial charge < -0.3 is 14.6 Å². The third kappa shape index (κ3) is 1.38. The highest BCUT2D eigenvalue weighted by Crippen LogP contribution is 2.27. The first-order chi connectivity index (χ1) is 7.56. The standard InChI is InChI=1S/C10H12N2O4/c1-5-7-6(2)12(3-4-13)11-9(7)16-8(5)10(14)15/h13H,3-4H2,1-2H3,(H,14,15). The third-order valence-corrected chi connectivity index (χ3v) is 2.59. The number of carboxylic acid groups (broad SMARTS) is 1. The molecule has 0 saturated heterocycles. The molecule has 2 rings (SSSR count). The molecule has 2 aromatic heterocycles. The van der Waals surface area contributed by atoms with Gasteiger partial charge in [-0.05, 0) is 13.8 Å². The first kappa shape index (κ1) is 10.7. The van der Waals surface area contributed by atoms with Crippen molar-refractivity contribution in [3.05, 3.63) is 17.0 Å². The Morgan fingerprint density at radius 1 is 1.50 bits per heavy atom. The zero-order chi connectivity index (χ0) is 11.9. The van der Waals surface area contributed by atoms with Gasteiger partial charge in [0.05, 0.1) is 18.5 Å². The van der Waals surface area contributed by atoms with Crippen molar-refractivity contribution in [2.75, 3.05) is 6.61 Å². The molecule has 0 bridgehead atoms. The minimum Gasteiger partial charge on any atom is -0.475 e. The van der Waals surface area contributed by atoms with E-state index in [9.17, 15) is 4.79 Å². The van der Waals surface area contributed by atoms with Crippen molar-refractivity contribution >= 4 is 17.1 Å². The molecule has 0 atom stereocenters. The summed E-state index contributed by atoms with van der Waals surface area (Å²) in [6, 6.07) is 0. The van der Waals surface area contributed by atoms with Crippen molar-refractivity contribution < 1.29 is 19.4 Å². The van der Waals surface area contributed by atoms with E-state index in [1.54, 1.807) is 11.6 Å². The highest BCUT2D eigenvalue weighted by Gasteiger charge is 2.21. The lowest BCUT2D eigenvalue weighted by molar-refractivity contribution is 0.0663. The number of aromatic nitrogens is 2. The first-order valence-corrected chi connectivity index (χ1v) is 4.87. The van der Waals surface area contributed by atoms with Gasteiger partial charge in [-0.3, -0.25) is 4.68 Å². The Hall–Kier alpha value is -1.82. The van der Waals surface area contributed by atoms with Gasteiger partial charge in [-0.2, -0.15) is 0 Å². The summed E-state index contributed by atoms with van der Waals surface area (Å²) in [4.78, 5) is 10.8. The zero-order valence-electron chi connectivity index (χ0n) is 9.02. The summed E-state index contributed by atoms with van der Waals surface area (Å²) >= 11 is 0. The Balaban J connectivity index is 2.64. The minimum atomic E-state index is -1.09. The van der Waals surface area contributed by atoms with Gasteiger partial charge >= 0.3 is 5.97 Å². The van der Waals surface area contributed by atoms with Crippen LogP contribution in [-0.2, 0) is 6.54 Å². The smallest absolute Gasteiger partial charge is 0.372 e. The average Bonchev–Trinajstić information content (AvgIpc) is 2.68. The van der Waals surface area contributed by atoms with Crippen molar-refractivity contribution in [3.8, 4) is 0 Å². The lowest BCUT2D eigenvalue weighted by atomic mass is 10.2. The van der Waals surface area contributed by atoms with Gasteiger partial charge in [0.1, 0.15) is 0 Å². The predicted octanol–water partition coefficient (Wildman–Crippen LogP) is 0.937. The van der Waals surface area contributed by atoms with Gasteiger partial charge in [0.15, 0.2) is 0 Å². The Morgan fingerprint density at radius 3 is 2.69 bits per heavy atom. The van der Waals surface area contributed by atoms with Crippen LogP contribution in [0.25, 0.3) is 11.1 Å². The predicted molar refractivity (Wildman–Crippen MR) is 55.5 cm³/mol. The number of hydrogen-bond acceptors (Lipinski definition) is 4. The largest absolute Gasteiger partial charge is 0.475 e. The number of carbonyl (C=O) groups is 1. The van der Waals surface area contributed by atoms with Gasteiger partial charge in [0.2, 0.25) is 11.5 Å². The molecule has 86 valence electrons. The Labute approximate surface area is 91.1 Å². The molecule has 0 aliphatic rings. The molecular formula is C10H12N2O4. The minimum absolute atomic E-state index is 0.0179. The lowest BCUT2D eigenvalue weighted by Gasteiger charge is -2.00. The van der Waals surface area contributed by atoms with Crippen LogP contribution < -0.4 is 0 Å². The molecule has 6 nitrogen and oxygen atoms in total. The molecular weight excluding hydrogens is 212 g/mol. The number of aryl methyl sites for hydroxylation is 2. The molecule has 2 heterocycles. The molecule has 2 N–H and O–H groups in total. The average molecular weight is 224 g/mol. The van der Waals surface area contributed by atoms with Gasteiger partial charge in [0.25, 0.3) is 0 Å². The second-order valence-electron chi connectivity index (χ2n) is 3.57. The van der Waals surface area contributed by atoms with Crippen LogP contribution in [0.2, 0.25) is 0 Å². The summed E-state index contributed by atoms with van der Waals surface area (Å²) in [6.45, 7) is 3.86. The molecule has 0 unspecified atom stereocenters. The zero-order valence-corrected chi connectivity index (χ0v) is 9.02. The van der Waals surface area contributed by atoms with Crippen molar-refractivity contribution in [2.24, 2.45) is 0 Å². The number of rotatable bonds is 3. The van der Waals surface area contributed by atoms with Crippen LogP contribution in [0.1, 0.15) is 21.8 Å². The molecule has 0 amide bonds. The SMILES string of the molecule is Cc1c(C(=O)O)oc2nn(CCO)c(C)c12. The third-order valence-electron chi connectivity index (χ3n) is 2.59. The van der Waals surface area contributed by atoms with Crippen LogP contribution in [-0.4, -0.2) is 32.6 Å². The van der Waals surface area contributed by atoms with E-state index >= 15 is 0 Å². The number of nitrogens with zero attached hydrogens (tertiary/aromatic N) is 2. The summed E-state index contributed by atoms with van der Waals surface area (Å²) in [7, 11) is 0. The summed E-state index contributed by atoms with van der Waals surface area (Å²) in [5, 5.41) is 22.5. The fourth-order valence-electron chi connectivity index (χ4n) is 1.82. The van der Waals surface area contributed by atoms with E-state index in [1.807, 2.05) is 6.92 Å². The van der Waals surface area contributed by atoms with E-state index in [0.717, 1.165) is 5.69 Å². The van der Waals surface area contributed by atoms with Crippen LogP contribution in [0.3, 0.4) is 0 Å². The van der Waals surface area contributed by atoms with E-state index in [2.05, 4.69) is 5.10 Å². The summed E-state index contributed by atoms with van der Waals surface area (Å²) in [6.07, 6.45) is 0. The highest BCUT2D eigenvalue weighted by atomic mass is 16.4. The number of aliphatic hydroxyl groups excluding tert-OH is 1. The van der Waals surface area contributed by atoms with E-state index < -0.39 is 5.97 Å². The van der Waals surface area contributed by atoms with Crippen LogP contribution in [0, 0.1) is 13.8 Å². The maximum Gasteiger partial charge on any atom is 0.372 e. The number of carboxylic acids is 1. The highest BCUT2D eigenvalue weighted by molar-refractivity contribution is 5.94. The van der Waals surface area contributed by atoms with Crippen LogP contribution >= 0.6 is 0 Å². The van der Waals surface area contributed by atoms with Crippen LogP contribution in [0.5, 0.6) is 0 Å². The lowest BCUT2D eigenvalue weighted by Crippen LogP contribution is -2.06. The molecule has 0 spiro atoms. The maximum absolute atomic E-state index is 10.8. The van der Waals surface area contributed by atoms with E-state index in [-0.39, 0.29) is 12.4 Å². The molecule has 6 heteroatoms. The quantitative estimate of drug-likeness (QED) is 0.809. The van der Waals surface area contributed by atoms with E-state index in [1.165, 1.54) is 0 Å². The maximum atomic E-state index is 10.8. The van der Waals surface area contributed by atoms with Crippen molar-refractivity contribution in [2.45, 2.75) is 20.4 Å². The topological polar surface area (TPSA) is 88.5 Å². The van der Waals surface area contributed by atoms with Crippen molar-refractivity contribution in [3.63, 3.8) is 0 Å². The van der Waals surface area contributed by atoms with Gasteiger partial charge in [0, 0.05) is 11.3 Å². The first-order valence-electron chi connectivity index (χ1n) is 4.87. The molecule has 0 radical (unpaired) electrons. The van der Waals surface area contributed by atoms with Crippen molar-refractivity contribution in [1.82, 2.24) is 9.78 Å². The van der Waals surface area contributed by atoms with Gasteiger partial charge in [-0.1, -0.05) is 0 Å². The molecule has 0 saturated carbocycles. The van der Waals surface area contributed by atoms with Crippen molar-refractivity contribution in [1.29, 1.82) is 0 Å². The molecule has 0 fully saturated rings. The Kier molecular flexibility index (Phi) is 2.43. The molecule has 16 heavy (non-hydrogen) atoms. The van der Waals surface area contributed by atoms with E-state index in [4.69, 9.17) is 14.6 Å². The summed E-state index contributed by atoms with van der Waals surface area (Å²) in [5.41, 5.74) is 1.68. The van der Waals surface area contributed by atoms with Gasteiger partial charge in [-0.15, -0.1) is 5.10 Å². The second kappa shape index (κ2) is 3.64. The van der Waals surface area contributed by atoms with E-state index in [0.29, 0.717) is 23.2 Å². The monoisotopic (exact) mass is 224 g/mol. The molecule has 0 aromatic carbocycles. The molecule has 0 aliphatic heterocycles. The van der Waals surface area contributed by atoms with Crippen LogP contribution in [0.4, 0.5) is 0 Å². The van der Waals surface area contributed by atoms with Crippen LogP contribution in [0.15, 0.2) is 4.42 Å². The molecule has 0 aliphatic carbocycles. The molecule has 2 aromatic rings. The summed E-state index contributed by atoms with van der Waals surface area (Å²) in [5.74, 6) is -1.17. The number of furan rings is 1. The Morgan fingerprint density at radius 2 is 2.19 bits per heavy atom. The van der Waals surface area contributed by atoms with Gasteiger partial charge in [-0.25, -0.2) is 4.79 Å². The summed E-state index contributed by atoms with van der Waals surface area (Å²) < 4.78 is 6.76.